The lowest BCUT2D eigenvalue weighted by molar-refractivity contribution is 0.0659. The van der Waals surface area contributed by atoms with Crippen LogP contribution in [0.5, 0.6) is 0 Å². The fraction of sp³-hybridized carbons (Fsp3) is 0.583. The van der Waals surface area contributed by atoms with Crippen molar-refractivity contribution in [2.75, 3.05) is 0 Å². The highest BCUT2D eigenvalue weighted by atomic mass is 16.4. The molecule has 1 aliphatic rings. The molecule has 2 N–H and O–H groups in total. The van der Waals surface area contributed by atoms with Gasteiger partial charge in [-0.3, -0.25) is 0 Å². The zero-order valence-corrected chi connectivity index (χ0v) is 9.62. The molecule has 0 radical (unpaired) electrons. The van der Waals surface area contributed by atoms with Gasteiger partial charge in [0.25, 0.3) is 0 Å². The second kappa shape index (κ2) is 4.29. The zero-order chi connectivity index (χ0) is 11.7. The second-order valence-corrected chi connectivity index (χ2v) is 4.54. The highest BCUT2D eigenvalue weighted by Crippen LogP contribution is 2.32. The van der Waals surface area contributed by atoms with Crippen LogP contribution in [0.1, 0.15) is 41.6 Å². The average molecular weight is 223 g/mol. The summed E-state index contributed by atoms with van der Waals surface area (Å²) in [5.74, 6) is 0.535. The molecule has 0 spiro atoms. The van der Waals surface area contributed by atoms with Crippen LogP contribution in [-0.4, -0.2) is 17.1 Å². The van der Waals surface area contributed by atoms with Crippen LogP contribution in [0.2, 0.25) is 0 Å². The quantitative estimate of drug-likeness (QED) is 0.803. The van der Waals surface area contributed by atoms with Gasteiger partial charge in [-0.1, -0.05) is 0 Å². The summed E-state index contributed by atoms with van der Waals surface area (Å²) in [5, 5.41) is 12.2. The van der Waals surface area contributed by atoms with Gasteiger partial charge in [0.1, 0.15) is 5.76 Å². The van der Waals surface area contributed by atoms with Gasteiger partial charge in [0.2, 0.25) is 5.76 Å². The normalized spacial score (nSPS) is 17.4. The van der Waals surface area contributed by atoms with E-state index < -0.39 is 5.97 Å². The molecule has 1 aliphatic carbocycles. The van der Waals surface area contributed by atoms with Crippen molar-refractivity contribution >= 4 is 5.97 Å². The minimum absolute atomic E-state index is 0.0517. The summed E-state index contributed by atoms with van der Waals surface area (Å²) in [6.45, 7) is 4.51. The standard InChI is InChI=1S/C12H17NO3/c1-7-5-10(16-11(7)12(14)15)6-13-8(2)9-3-4-9/h5,8-9,13H,3-4,6H2,1-2H3,(H,14,15). The lowest BCUT2D eigenvalue weighted by atomic mass is 10.2. The first-order valence-corrected chi connectivity index (χ1v) is 5.64. The number of aromatic carboxylic acids is 1. The largest absolute Gasteiger partial charge is 0.475 e. The van der Waals surface area contributed by atoms with Crippen LogP contribution in [0.3, 0.4) is 0 Å². The Hall–Kier alpha value is -1.29. The lowest BCUT2D eigenvalue weighted by Gasteiger charge is -2.10. The molecule has 4 heteroatoms. The van der Waals surface area contributed by atoms with Gasteiger partial charge in [0.05, 0.1) is 6.54 Å². The average Bonchev–Trinajstić information content (AvgIpc) is 2.99. The number of hydrogen-bond acceptors (Lipinski definition) is 3. The van der Waals surface area contributed by atoms with Crippen LogP contribution in [0.15, 0.2) is 10.5 Å². The fourth-order valence-electron chi connectivity index (χ4n) is 1.87. The summed E-state index contributed by atoms with van der Waals surface area (Å²) in [4.78, 5) is 10.8. The van der Waals surface area contributed by atoms with Crippen molar-refractivity contribution < 1.29 is 14.3 Å². The maximum Gasteiger partial charge on any atom is 0.372 e. The summed E-state index contributed by atoms with van der Waals surface area (Å²) >= 11 is 0. The van der Waals surface area contributed by atoms with E-state index in [2.05, 4.69) is 12.2 Å². The highest BCUT2D eigenvalue weighted by Gasteiger charge is 2.27. The molecule has 0 aliphatic heterocycles. The predicted molar refractivity (Wildman–Crippen MR) is 59.4 cm³/mol. The number of nitrogens with one attached hydrogen (secondary N) is 1. The first-order chi connectivity index (χ1) is 7.58. The van der Waals surface area contributed by atoms with Gasteiger partial charge in [-0.05, 0) is 38.7 Å². The molecule has 0 saturated heterocycles. The maximum absolute atomic E-state index is 10.8. The molecule has 0 amide bonds. The molecular formula is C12H17NO3. The molecule has 16 heavy (non-hydrogen) atoms. The van der Waals surface area contributed by atoms with Crippen LogP contribution in [0.25, 0.3) is 0 Å². The lowest BCUT2D eigenvalue weighted by Crippen LogP contribution is -2.26. The van der Waals surface area contributed by atoms with Crippen molar-refractivity contribution in [3.8, 4) is 0 Å². The number of carboxylic acid groups (broad SMARTS) is 1. The van der Waals surface area contributed by atoms with Crippen LogP contribution in [0.4, 0.5) is 0 Å². The number of aryl methyl sites for hydroxylation is 1. The van der Waals surface area contributed by atoms with Gasteiger partial charge in [-0.2, -0.15) is 0 Å². The van der Waals surface area contributed by atoms with Crippen LogP contribution >= 0.6 is 0 Å². The molecule has 1 atom stereocenters. The summed E-state index contributed by atoms with van der Waals surface area (Å²) in [6, 6.07) is 2.27. The molecule has 1 heterocycles. The minimum atomic E-state index is -1.00. The third-order valence-electron chi connectivity index (χ3n) is 3.09. The number of hydrogen-bond donors (Lipinski definition) is 2. The molecule has 1 saturated carbocycles. The SMILES string of the molecule is Cc1cc(CNC(C)C2CC2)oc1C(=O)O. The molecule has 1 aromatic rings. The summed E-state index contributed by atoms with van der Waals surface area (Å²) in [5.41, 5.74) is 0.684. The third kappa shape index (κ3) is 2.44. The number of carbonyl (C=O) groups is 1. The van der Waals surface area contributed by atoms with Crippen LogP contribution in [0, 0.1) is 12.8 Å². The van der Waals surface area contributed by atoms with Gasteiger partial charge < -0.3 is 14.8 Å². The number of furan rings is 1. The first kappa shape index (κ1) is 11.2. The van der Waals surface area contributed by atoms with Crippen molar-refractivity contribution in [3.05, 3.63) is 23.2 Å². The minimum Gasteiger partial charge on any atom is -0.475 e. The van der Waals surface area contributed by atoms with E-state index in [9.17, 15) is 4.79 Å². The maximum atomic E-state index is 10.8. The van der Waals surface area contributed by atoms with Crippen LogP contribution in [-0.2, 0) is 6.54 Å². The molecule has 1 unspecified atom stereocenters. The van der Waals surface area contributed by atoms with E-state index in [1.54, 1.807) is 13.0 Å². The first-order valence-electron chi connectivity index (χ1n) is 5.64. The van der Waals surface area contributed by atoms with E-state index in [4.69, 9.17) is 9.52 Å². The van der Waals surface area contributed by atoms with E-state index >= 15 is 0 Å². The Morgan fingerprint density at radius 2 is 2.38 bits per heavy atom. The Balaban J connectivity index is 1.93. The summed E-state index contributed by atoms with van der Waals surface area (Å²) < 4.78 is 5.26. The van der Waals surface area contributed by atoms with E-state index in [0.717, 1.165) is 5.92 Å². The van der Waals surface area contributed by atoms with E-state index in [-0.39, 0.29) is 5.76 Å². The van der Waals surface area contributed by atoms with Gasteiger partial charge in [0, 0.05) is 11.6 Å². The van der Waals surface area contributed by atoms with E-state index in [0.29, 0.717) is 23.9 Å². The van der Waals surface area contributed by atoms with Crippen molar-refractivity contribution in [3.63, 3.8) is 0 Å². The van der Waals surface area contributed by atoms with E-state index in [1.807, 2.05) is 0 Å². The Labute approximate surface area is 94.6 Å². The van der Waals surface area contributed by atoms with Crippen molar-refractivity contribution in [1.29, 1.82) is 0 Å². The highest BCUT2D eigenvalue weighted by molar-refractivity contribution is 5.86. The zero-order valence-electron chi connectivity index (χ0n) is 9.62. The van der Waals surface area contributed by atoms with Crippen LogP contribution < -0.4 is 5.32 Å². The van der Waals surface area contributed by atoms with Crippen molar-refractivity contribution in [2.45, 2.75) is 39.3 Å². The van der Waals surface area contributed by atoms with E-state index in [1.165, 1.54) is 12.8 Å². The topological polar surface area (TPSA) is 62.5 Å². The Kier molecular flexibility index (Phi) is 3.01. The van der Waals surface area contributed by atoms with Gasteiger partial charge >= 0.3 is 5.97 Å². The second-order valence-electron chi connectivity index (χ2n) is 4.54. The molecule has 1 fully saturated rings. The predicted octanol–water partition coefficient (Wildman–Crippen LogP) is 2.17. The number of carboxylic acids is 1. The molecule has 4 nitrogen and oxygen atoms in total. The Morgan fingerprint density at radius 1 is 1.69 bits per heavy atom. The molecule has 2 rings (SSSR count). The van der Waals surface area contributed by atoms with Gasteiger partial charge in [-0.15, -0.1) is 0 Å². The fourth-order valence-corrected chi connectivity index (χ4v) is 1.87. The summed E-state index contributed by atoms with van der Waals surface area (Å²) in [6.07, 6.45) is 2.59. The molecule has 1 aromatic heterocycles. The molecule has 0 bridgehead atoms. The van der Waals surface area contributed by atoms with Gasteiger partial charge in [0.15, 0.2) is 0 Å². The third-order valence-corrected chi connectivity index (χ3v) is 3.09. The molecular weight excluding hydrogens is 206 g/mol. The van der Waals surface area contributed by atoms with Gasteiger partial charge in [-0.25, -0.2) is 4.79 Å². The Bertz CT molecular complexity index is 393. The molecule has 88 valence electrons. The molecule has 0 aromatic carbocycles. The van der Waals surface area contributed by atoms with Crippen molar-refractivity contribution in [2.24, 2.45) is 5.92 Å². The number of rotatable bonds is 5. The monoisotopic (exact) mass is 223 g/mol. The summed E-state index contributed by atoms with van der Waals surface area (Å²) in [7, 11) is 0. The van der Waals surface area contributed by atoms with Crippen molar-refractivity contribution in [1.82, 2.24) is 5.32 Å². The smallest absolute Gasteiger partial charge is 0.372 e. The Morgan fingerprint density at radius 3 is 2.88 bits per heavy atom.